The average Bonchev–Trinajstić information content (AvgIpc) is 2.97. The van der Waals surface area contributed by atoms with Gasteiger partial charge in [-0.3, -0.25) is 9.59 Å². The number of carbonyl (C=O) groups is 2. The number of hydrogen-bond acceptors (Lipinski definition) is 3. The van der Waals surface area contributed by atoms with Crippen LogP contribution in [0, 0.1) is 0 Å². The van der Waals surface area contributed by atoms with Crippen LogP contribution in [-0.4, -0.2) is 29.2 Å². The Morgan fingerprint density at radius 1 is 1.36 bits per heavy atom. The molecule has 1 aliphatic rings. The number of benzene rings is 1. The van der Waals surface area contributed by atoms with Gasteiger partial charge in [-0.1, -0.05) is 31.9 Å². The zero-order valence-corrected chi connectivity index (χ0v) is 12.9. The number of hydrogen-bond donors (Lipinski definition) is 2. The van der Waals surface area contributed by atoms with Crippen LogP contribution in [0.15, 0.2) is 24.3 Å². The molecule has 0 aromatic heterocycles. The Hall–Kier alpha value is -1.88. The molecule has 0 heterocycles. The topological polar surface area (TPSA) is 75.6 Å². The van der Waals surface area contributed by atoms with Crippen LogP contribution in [0.4, 0.5) is 5.69 Å². The minimum absolute atomic E-state index is 0.0561. The smallest absolute Gasteiger partial charge is 0.307 e. The fraction of sp³-hybridized carbons (Fsp3) is 0.529. The summed E-state index contributed by atoms with van der Waals surface area (Å²) in [6, 6.07) is 6.92. The number of carbonyl (C=O) groups excluding carboxylic acids is 1. The van der Waals surface area contributed by atoms with Crippen LogP contribution >= 0.6 is 0 Å². The summed E-state index contributed by atoms with van der Waals surface area (Å²) in [6.07, 6.45) is 4.69. The maximum Gasteiger partial charge on any atom is 0.307 e. The third-order valence-electron chi connectivity index (χ3n) is 3.87. The highest BCUT2D eigenvalue weighted by atomic mass is 16.5. The molecule has 1 aromatic carbocycles. The molecule has 0 spiro atoms. The van der Waals surface area contributed by atoms with Gasteiger partial charge < -0.3 is 15.2 Å². The van der Waals surface area contributed by atoms with Crippen molar-refractivity contribution < 1.29 is 19.4 Å². The van der Waals surface area contributed by atoms with Crippen molar-refractivity contribution >= 4 is 17.6 Å². The van der Waals surface area contributed by atoms with E-state index in [1.165, 1.54) is 12.8 Å². The Balaban J connectivity index is 1.95. The Kier molecular flexibility index (Phi) is 5.95. The molecule has 0 radical (unpaired) electrons. The van der Waals surface area contributed by atoms with Gasteiger partial charge in [-0.05, 0) is 37.0 Å². The van der Waals surface area contributed by atoms with Gasteiger partial charge >= 0.3 is 5.97 Å². The minimum Gasteiger partial charge on any atom is -0.481 e. The largest absolute Gasteiger partial charge is 0.481 e. The predicted molar refractivity (Wildman–Crippen MR) is 83.8 cm³/mol. The summed E-state index contributed by atoms with van der Waals surface area (Å²) < 4.78 is 5.88. The molecule has 1 saturated carbocycles. The molecular formula is C17H23NO4. The van der Waals surface area contributed by atoms with E-state index in [1.807, 2.05) is 6.92 Å². The lowest BCUT2D eigenvalue weighted by Crippen LogP contribution is -2.32. The molecule has 1 amide bonds. The first-order valence-corrected chi connectivity index (χ1v) is 7.85. The summed E-state index contributed by atoms with van der Waals surface area (Å²) in [5.41, 5.74) is 1.27. The lowest BCUT2D eigenvalue weighted by Gasteiger charge is -2.20. The second-order valence-electron chi connectivity index (χ2n) is 5.70. The molecule has 2 N–H and O–H groups in total. The molecule has 120 valence electrons. The van der Waals surface area contributed by atoms with Gasteiger partial charge in [0.15, 0.2) is 0 Å². The van der Waals surface area contributed by atoms with Crippen molar-refractivity contribution in [3.8, 4) is 0 Å². The Morgan fingerprint density at radius 3 is 2.73 bits per heavy atom. The fourth-order valence-corrected chi connectivity index (χ4v) is 2.76. The normalized spacial score (nSPS) is 16.4. The van der Waals surface area contributed by atoms with Crippen LogP contribution in [0.5, 0.6) is 0 Å². The molecule has 0 aliphatic heterocycles. The van der Waals surface area contributed by atoms with E-state index in [0.717, 1.165) is 12.8 Å². The monoisotopic (exact) mass is 305 g/mol. The summed E-state index contributed by atoms with van der Waals surface area (Å²) in [6.45, 7) is 1.93. The summed E-state index contributed by atoms with van der Waals surface area (Å²) >= 11 is 0. The van der Waals surface area contributed by atoms with Crippen molar-refractivity contribution in [1.82, 2.24) is 0 Å². The molecule has 1 aromatic rings. The molecule has 5 heteroatoms. The standard InChI is InChI=1S/C17H23NO4/c1-2-15(22-14-8-3-4-9-14)17(21)18-13-7-5-6-12(10-13)11-16(19)20/h5-7,10,14-15H,2-4,8-9,11H2,1H3,(H,18,21)(H,19,20). The zero-order chi connectivity index (χ0) is 15.9. The number of amides is 1. The number of rotatable bonds is 7. The molecule has 1 unspecified atom stereocenters. The quantitative estimate of drug-likeness (QED) is 0.812. The Morgan fingerprint density at radius 2 is 2.09 bits per heavy atom. The van der Waals surface area contributed by atoms with Gasteiger partial charge in [-0.25, -0.2) is 0 Å². The number of aliphatic carboxylic acids is 1. The van der Waals surface area contributed by atoms with Crippen molar-refractivity contribution in [2.45, 2.75) is 57.7 Å². The lowest BCUT2D eigenvalue weighted by atomic mass is 10.1. The first kappa shape index (κ1) is 16.5. The molecular weight excluding hydrogens is 282 g/mol. The Labute approximate surface area is 130 Å². The molecule has 0 bridgehead atoms. The minimum atomic E-state index is -0.889. The van der Waals surface area contributed by atoms with Gasteiger partial charge in [0, 0.05) is 5.69 Å². The molecule has 22 heavy (non-hydrogen) atoms. The fourth-order valence-electron chi connectivity index (χ4n) is 2.76. The maximum absolute atomic E-state index is 12.3. The van der Waals surface area contributed by atoms with Gasteiger partial charge in [0.05, 0.1) is 12.5 Å². The number of ether oxygens (including phenoxy) is 1. The van der Waals surface area contributed by atoms with Gasteiger partial charge in [0.1, 0.15) is 6.10 Å². The molecule has 0 saturated heterocycles. The molecule has 2 rings (SSSR count). The highest BCUT2D eigenvalue weighted by Crippen LogP contribution is 2.23. The van der Waals surface area contributed by atoms with Gasteiger partial charge in [-0.2, -0.15) is 0 Å². The van der Waals surface area contributed by atoms with Crippen molar-refractivity contribution in [3.63, 3.8) is 0 Å². The predicted octanol–water partition coefficient (Wildman–Crippen LogP) is 2.99. The van der Waals surface area contributed by atoms with Crippen molar-refractivity contribution in [2.24, 2.45) is 0 Å². The van der Waals surface area contributed by atoms with E-state index in [4.69, 9.17) is 9.84 Å². The summed E-state index contributed by atoms with van der Waals surface area (Å²) in [7, 11) is 0. The van der Waals surface area contributed by atoms with E-state index in [-0.39, 0.29) is 18.4 Å². The van der Waals surface area contributed by atoms with Crippen molar-refractivity contribution in [3.05, 3.63) is 29.8 Å². The third-order valence-corrected chi connectivity index (χ3v) is 3.87. The van der Waals surface area contributed by atoms with Crippen LogP contribution in [-0.2, 0) is 20.7 Å². The maximum atomic E-state index is 12.3. The number of carboxylic acid groups (broad SMARTS) is 1. The Bertz CT molecular complexity index is 523. The third kappa shape index (κ3) is 4.84. The molecule has 1 fully saturated rings. The van der Waals surface area contributed by atoms with E-state index in [1.54, 1.807) is 24.3 Å². The van der Waals surface area contributed by atoms with E-state index < -0.39 is 12.1 Å². The molecule has 1 atom stereocenters. The van der Waals surface area contributed by atoms with Crippen LogP contribution in [0.1, 0.15) is 44.6 Å². The van der Waals surface area contributed by atoms with Gasteiger partial charge in [0.2, 0.25) is 0 Å². The van der Waals surface area contributed by atoms with Gasteiger partial charge in [-0.15, -0.1) is 0 Å². The lowest BCUT2D eigenvalue weighted by molar-refractivity contribution is -0.136. The molecule has 1 aliphatic carbocycles. The zero-order valence-electron chi connectivity index (χ0n) is 12.9. The second kappa shape index (κ2) is 7.94. The first-order chi connectivity index (χ1) is 10.6. The summed E-state index contributed by atoms with van der Waals surface area (Å²) in [4.78, 5) is 23.1. The van der Waals surface area contributed by atoms with Crippen LogP contribution < -0.4 is 5.32 Å². The highest BCUT2D eigenvalue weighted by Gasteiger charge is 2.24. The van der Waals surface area contributed by atoms with Crippen molar-refractivity contribution in [2.75, 3.05) is 5.32 Å². The van der Waals surface area contributed by atoms with E-state index >= 15 is 0 Å². The summed E-state index contributed by atoms with van der Waals surface area (Å²) in [5.74, 6) is -1.05. The van der Waals surface area contributed by atoms with Crippen molar-refractivity contribution in [1.29, 1.82) is 0 Å². The number of nitrogens with one attached hydrogen (secondary N) is 1. The first-order valence-electron chi connectivity index (χ1n) is 7.85. The highest BCUT2D eigenvalue weighted by molar-refractivity contribution is 5.94. The van der Waals surface area contributed by atoms with E-state index in [9.17, 15) is 9.59 Å². The van der Waals surface area contributed by atoms with Crippen LogP contribution in [0.2, 0.25) is 0 Å². The number of carboxylic acids is 1. The van der Waals surface area contributed by atoms with Crippen LogP contribution in [0.25, 0.3) is 0 Å². The number of anilines is 1. The van der Waals surface area contributed by atoms with Gasteiger partial charge in [0.25, 0.3) is 5.91 Å². The second-order valence-corrected chi connectivity index (χ2v) is 5.70. The molecule has 5 nitrogen and oxygen atoms in total. The van der Waals surface area contributed by atoms with Crippen LogP contribution in [0.3, 0.4) is 0 Å². The summed E-state index contributed by atoms with van der Waals surface area (Å²) in [5, 5.41) is 11.6. The van der Waals surface area contributed by atoms with E-state index in [0.29, 0.717) is 17.7 Å². The average molecular weight is 305 g/mol. The van der Waals surface area contributed by atoms with E-state index in [2.05, 4.69) is 5.32 Å². The SMILES string of the molecule is CCC(OC1CCCC1)C(=O)Nc1cccc(CC(=O)O)c1.